The summed E-state index contributed by atoms with van der Waals surface area (Å²) in [5.41, 5.74) is 22.4. The van der Waals surface area contributed by atoms with Gasteiger partial charge in [-0.25, -0.2) is 65.1 Å². The van der Waals surface area contributed by atoms with E-state index >= 15 is 0 Å². The highest BCUT2D eigenvalue weighted by atomic mass is 35.7. The maximum atomic E-state index is 14.1. The van der Waals surface area contributed by atoms with Gasteiger partial charge in [0.25, 0.3) is 9.05 Å². The highest BCUT2D eigenvalue weighted by molar-refractivity contribution is 8.13. The Morgan fingerprint density at radius 3 is 1.20 bits per heavy atom. The molecular weight excluding hydrogens is 1620 g/mol. The molecular formula is C91H84Cl4N14O6S3. The van der Waals surface area contributed by atoms with Gasteiger partial charge in [0.1, 0.15) is 32.5 Å². The SMILES string of the molecule is CCCCn1c(N)c(S(=O)(=O)c2ccc(C)cc2)c2nc3ccccc3nc21.CCCCn1c(NCc2ccccc2)c(S(=O)(=O)c2ccc(C)cc2)c2nc3ccccc3nc21.Cc1ccc(CC(C#N)c2nc3ccccc3nc2Cl)cc1.Cc1ccc(CCC#N)cc1.Clc1nc2ccccc2nc1Cl.O=S(=O)(Cl)c1ccccc1. The van der Waals surface area contributed by atoms with Crippen LogP contribution in [0.5, 0.6) is 0 Å². The van der Waals surface area contributed by atoms with Gasteiger partial charge in [0, 0.05) is 36.7 Å². The summed E-state index contributed by atoms with van der Waals surface area (Å²) in [6.07, 6.45) is 5.75. The van der Waals surface area contributed by atoms with E-state index in [0.717, 1.165) is 81.9 Å². The zero-order valence-corrected chi connectivity index (χ0v) is 71.0. The van der Waals surface area contributed by atoms with Gasteiger partial charge in [0.2, 0.25) is 19.7 Å². The Kier molecular flexibility index (Phi) is 29.8. The molecule has 0 radical (unpaired) electrons. The van der Waals surface area contributed by atoms with Crippen molar-refractivity contribution in [3.63, 3.8) is 0 Å². The molecule has 0 fully saturated rings. The van der Waals surface area contributed by atoms with Gasteiger partial charge in [0.15, 0.2) is 26.8 Å². The molecule has 16 aromatic rings. The molecule has 0 saturated heterocycles. The molecule has 0 amide bonds. The zero-order valence-electron chi connectivity index (χ0n) is 65.5. The lowest BCUT2D eigenvalue weighted by molar-refractivity contribution is 0.594. The largest absolute Gasteiger partial charge is 0.384 e. The average molecular weight is 1710 g/mol. The van der Waals surface area contributed by atoms with E-state index in [0.29, 0.717) is 88.0 Å². The van der Waals surface area contributed by atoms with E-state index in [1.165, 1.54) is 28.8 Å². The van der Waals surface area contributed by atoms with Crippen molar-refractivity contribution in [1.29, 1.82) is 10.5 Å². The van der Waals surface area contributed by atoms with Crippen molar-refractivity contribution in [2.24, 2.45) is 0 Å². The highest BCUT2D eigenvalue weighted by Crippen LogP contribution is 2.40. The molecule has 0 aliphatic rings. The first-order chi connectivity index (χ1) is 56.8. The maximum absolute atomic E-state index is 14.1. The third-order valence-electron chi connectivity index (χ3n) is 18.8. The molecule has 0 saturated carbocycles. The lowest BCUT2D eigenvalue weighted by Gasteiger charge is -2.14. The molecule has 600 valence electrons. The van der Waals surface area contributed by atoms with E-state index in [2.05, 4.69) is 92.4 Å². The van der Waals surface area contributed by atoms with Crippen LogP contribution in [0.4, 0.5) is 11.6 Å². The van der Waals surface area contributed by atoms with Crippen LogP contribution in [0.15, 0.2) is 279 Å². The fourth-order valence-corrected chi connectivity index (χ4v) is 16.8. The first-order valence-electron chi connectivity index (χ1n) is 37.9. The maximum Gasteiger partial charge on any atom is 0.261 e. The van der Waals surface area contributed by atoms with Crippen molar-refractivity contribution in [3.8, 4) is 12.1 Å². The molecule has 20 nitrogen and oxygen atoms in total. The Morgan fingerprint density at radius 1 is 0.415 bits per heavy atom. The molecule has 27 heteroatoms. The predicted octanol–water partition coefficient (Wildman–Crippen LogP) is 21.7. The number of nitrogen functional groups attached to an aromatic ring is 1. The molecule has 16 rings (SSSR count). The molecule has 0 aliphatic carbocycles. The summed E-state index contributed by atoms with van der Waals surface area (Å²) in [4.78, 5) is 36.8. The second-order valence-electron chi connectivity index (χ2n) is 27.6. The lowest BCUT2D eigenvalue weighted by atomic mass is 9.97. The topological polar surface area (TPSA) is 301 Å². The lowest BCUT2D eigenvalue weighted by Crippen LogP contribution is -2.11. The Labute approximate surface area is 706 Å². The fourth-order valence-electron chi connectivity index (χ4n) is 12.5. The number of aryl methyl sites for hydroxylation is 7. The predicted molar refractivity (Wildman–Crippen MR) is 473 cm³/mol. The van der Waals surface area contributed by atoms with Gasteiger partial charge in [0.05, 0.1) is 82.6 Å². The van der Waals surface area contributed by atoms with Gasteiger partial charge in [-0.1, -0.05) is 254 Å². The number of nitrogens with two attached hydrogens (primary N) is 1. The molecule has 10 aromatic carbocycles. The number of halogens is 4. The highest BCUT2D eigenvalue weighted by Gasteiger charge is 2.33. The molecule has 1 unspecified atom stereocenters. The van der Waals surface area contributed by atoms with Crippen LogP contribution in [-0.4, -0.2) is 74.3 Å². The van der Waals surface area contributed by atoms with Crippen LogP contribution in [0.1, 0.15) is 96.5 Å². The molecule has 6 heterocycles. The van der Waals surface area contributed by atoms with Crippen molar-refractivity contribution >= 4 is 152 Å². The van der Waals surface area contributed by atoms with E-state index in [1.807, 2.05) is 189 Å². The number of para-hydroxylation sites is 8. The molecule has 3 N–H and O–H groups in total. The van der Waals surface area contributed by atoms with Crippen LogP contribution < -0.4 is 11.1 Å². The number of rotatable bonds is 19. The third kappa shape index (κ3) is 21.9. The first kappa shape index (κ1) is 87.1. The van der Waals surface area contributed by atoms with E-state index in [4.69, 9.17) is 66.4 Å². The van der Waals surface area contributed by atoms with Gasteiger partial charge in [-0.15, -0.1) is 0 Å². The summed E-state index contributed by atoms with van der Waals surface area (Å²) >= 11 is 17.6. The number of benzene rings is 10. The van der Waals surface area contributed by atoms with Crippen LogP contribution in [0.25, 0.3) is 66.5 Å². The summed E-state index contributed by atoms with van der Waals surface area (Å²) < 4.78 is 80.0. The molecule has 118 heavy (non-hydrogen) atoms. The quantitative estimate of drug-likeness (QED) is 0.0711. The fraction of sp³-hybridized carbons (Fsp3) is 0.187. The van der Waals surface area contributed by atoms with Crippen molar-refractivity contribution < 1.29 is 25.3 Å². The zero-order chi connectivity index (χ0) is 84.1. The molecule has 0 spiro atoms. The van der Waals surface area contributed by atoms with Gasteiger partial charge in [-0.05, 0) is 155 Å². The first-order valence-corrected chi connectivity index (χ1v) is 44.3. The van der Waals surface area contributed by atoms with Gasteiger partial charge < -0.3 is 20.2 Å². The molecule has 0 aliphatic heterocycles. The van der Waals surface area contributed by atoms with Crippen molar-refractivity contribution in [1.82, 2.24) is 49.0 Å². The smallest absolute Gasteiger partial charge is 0.261 e. The van der Waals surface area contributed by atoms with E-state index in [9.17, 15) is 30.5 Å². The summed E-state index contributed by atoms with van der Waals surface area (Å²) in [5, 5.41) is 22.1. The average Bonchev–Trinajstić information content (AvgIpc) is 1.57. The van der Waals surface area contributed by atoms with Gasteiger partial charge in [-0.3, -0.25) is 0 Å². The summed E-state index contributed by atoms with van der Waals surface area (Å²) in [7, 11) is -6.21. The number of fused-ring (bicyclic) bond motifs is 6. The number of hydrogen-bond acceptors (Lipinski definition) is 18. The second-order valence-corrected chi connectivity index (χ2v) is 35.0. The number of sulfone groups is 2. The summed E-state index contributed by atoms with van der Waals surface area (Å²) in [6, 6.07) is 82.4. The van der Waals surface area contributed by atoms with Crippen molar-refractivity contribution in [2.75, 3.05) is 11.1 Å². The second kappa shape index (κ2) is 40.4. The summed E-state index contributed by atoms with van der Waals surface area (Å²) in [5.74, 6) is 0.319. The normalized spacial score (nSPS) is 11.5. The number of nitrogens with one attached hydrogen (secondary N) is 1. The number of nitrogens with zero attached hydrogens (tertiary/aromatic N) is 12. The van der Waals surface area contributed by atoms with Crippen LogP contribution >= 0.6 is 45.5 Å². The monoisotopic (exact) mass is 1700 g/mol. The number of nitriles is 2. The Morgan fingerprint density at radius 2 is 0.780 bits per heavy atom. The Hall–Kier alpha value is -11.8. The Balaban J connectivity index is 0.000000147. The number of hydrogen-bond donors (Lipinski definition) is 2. The Bertz CT molecular complexity index is 6600. The van der Waals surface area contributed by atoms with Crippen LogP contribution in [0, 0.1) is 50.4 Å². The van der Waals surface area contributed by atoms with Crippen molar-refractivity contribution in [3.05, 3.63) is 315 Å². The van der Waals surface area contributed by atoms with Crippen LogP contribution in [0.3, 0.4) is 0 Å². The van der Waals surface area contributed by atoms with Crippen LogP contribution in [0.2, 0.25) is 15.5 Å². The van der Waals surface area contributed by atoms with E-state index in [1.54, 1.807) is 59.2 Å². The third-order valence-corrected chi connectivity index (χ3v) is 24.7. The van der Waals surface area contributed by atoms with E-state index < -0.39 is 34.6 Å². The number of unbranched alkanes of at least 4 members (excludes halogenated alkanes) is 2. The number of aromatic nitrogens is 10. The van der Waals surface area contributed by atoms with E-state index in [-0.39, 0.29) is 40.6 Å². The minimum atomic E-state index is -3.88. The van der Waals surface area contributed by atoms with Crippen molar-refractivity contribution in [2.45, 2.75) is 137 Å². The van der Waals surface area contributed by atoms with Gasteiger partial charge >= 0.3 is 0 Å². The minimum absolute atomic E-state index is 0.0423. The molecule has 0 bridgehead atoms. The molecule has 6 aromatic heterocycles. The van der Waals surface area contributed by atoms with Crippen LogP contribution in [-0.2, 0) is 61.2 Å². The van der Waals surface area contributed by atoms with Gasteiger partial charge in [-0.2, -0.15) is 10.5 Å². The number of anilines is 2. The molecule has 1 atom stereocenters. The standard InChI is InChI=1S/C28H28N4O2S.C21H22N4O2S.C18H14ClN3.C10H11N.C8H4Cl2N2.C6H5ClO2S/c1-3-4-18-32-27-25(30-23-12-8-9-13-24(23)31-27)26(28(32)29-19-21-10-6-5-7-11-21)35(33,34)22-16-14-20(2)15-17-22;1-3-4-13-25-20(22)19(28(26,27)15-11-9-14(2)10-12-15)18-21(25)24-17-8-6-5-7-16(17)23-18;1-12-6-8-13(9-7-12)10-14(11-20)17-18(19)22-16-5-3-2-4-15(16)21-17;1-9-4-6-10(7-5-9)3-2-8-11;9-7-8(10)12-6-4-2-1-3-5(6)11-7;7-10(8,9)6-4-2-1-3-5-6/h5-17,29H,3-4,18-19H2,1-2H3;5-12H,3-4,13,22H2,1-2H3;2-9,14H,10H2,1H3;4-7H,2-3H2,1H3;1-4H;1-5H. The minimum Gasteiger partial charge on any atom is -0.384 e. The summed E-state index contributed by atoms with van der Waals surface area (Å²) in [6.45, 7) is 13.9.